The molecule has 3 aliphatic carbocycles. The minimum atomic E-state index is -2.82. The molecule has 18 heteroatoms. The van der Waals surface area contributed by atoms with Crippen LogP contribution in [0.3, 0.4) is 0 Å². The van der Waals surface area contributed by atoms with Crippen LogP contribution in [0, 0.1) is 11.8 Å². The van der Waals surface area contributed by atoms with Crippen LogP contribution in [0.2, 0.25) is 0 Å². The smallest absolute Gasteiger partial charge is 0.413 e. The number of fused-ring (bicyclic) bond motifs is 3. The zero-order chi connectivity index (χ0) is 41.1. The van der Waals surface area contributed by atoms with E-state index in [9.17, 15) is 49.2 Å². The van der Waals surface area contributed by atoms with Gasteiger partial charge in [-0.2, -0.15) is 0 Å². The van der Waals surface area contributed by atoms with Crippen LogP contribution in [0.1, 0.15) is 53.6 Å². The summed E-state index contributed by atoms with van der Waals surface area (Å²) in [6.45, 7) is 3.57. The number of carbonyl (C=O) groups is 6. The first kappa shape index (κ1) is 40.3. The third-order valence-electron chi connectivity index (χ3n) is 10.3. The number of phenolic OH excluding ortho intramolecular Hbond substituents is 1. The van der Waals surface area contributed by atoms with E-state index in [1.165, 1.54) is 21.6 Å². The maximum absolute atomic E-state index is 14.4. The van der Waals surface area contributed by atoms with Crippen LogP contribution in [-0.2, 0) is 37.3 Å². The molecule has 0 bridgehead atoms. The standard InChI is InChI=1S/C37H46N6O12/c1-36(2,3)43(35(52)55-16-54-34(51)21-10-9-11-42(21)8)15-23(44)39-20-14-22(40(4)5)18-12-17-13-19-27(41(6)7)30(47)26(33(38)50)32(49)37(19,53)31(48)24(17)29(46)25(18)28(20)45/h9-11,14,17,19,27,45,47-48,53H,12-13,15-16H2,1-8H3,(H2,38,50)(H,39,44)/t17-,19-,27-,37-/m0/s1. The highest BCUT2D eigenvalue weighted by Crippen LogP contribution is 2.54. The van der Waals surface area contributed by atoms with Gasteiger partial charge in [0.15, 0.2) is 17.1 Å². The van der Waals surface area contributed by atoms with Crippen molar-refractivity contribution in [1.82, 2.24) is 14.4 Å². The Labute approximate surface area is 316 Å². The number of anilines is 2. The number of nitrogens with two attached hydrogens (primary N) is 1. The number of allylic oxidation sites excluding steroid dienone is 1. The molecule has 5 rings (SSSR count). The lowest BCUT2D eigenvalue weighted by atomic mass is 9.58. The quantitative estimate of drug-likeness (QED) is 0.0916. The third-order valence-corrected chi connectivity index (χ3v) is 10.3. The fourth-order valence-corrected chi connectivity index (χ4v) is 7.66. The van der Waals surface area contributed by atoms with E-state index in [0.717, 1.165) is 4.90 Å². The molecule has 55 heavy (non-hydrogen) atoms. The first-order valence-electron chi connectivity index (χ1n) is 17.3. The molecule has 1 aromatic carbocycles. The number of primary amides is 1. The average molecular weight is 767 g/mol. The number of esters is 1. The highest BCUT2D eigenvalue weighted by atomic mass is 16.7. The Hall–Kier alpha value is -5.88. The van der Waals surface area contributed by atoms with Crippen LogP contribution >= 0.6 is 0 Å². The Kier molecular flexibility index (Phi) is 10.6. The predicted molar refractivity (Wildman–Crippen MR) is 195 cm³/mol. The molecular formula is C37H46N6O12. The Morgan fingerprint density at radius 3 is 2.27 bits per heavy atom. The van der Waals surface area contributed by atoms with Gasteiger partial charge in [-0.3, -0.25) is 29.0 Å². The summed E-state index contributed by atoms with van der Waals surface area (Å²) < 4.78 is 11.7. The number of aryl methyl sites for hydroxylation is 1. The second kappa shape index (κ2) is 14.4. The molecule has 0 radical (unpaired) electrons. The fraction of sp³-hybridized carbons (Fsp3) is 0.459. The summed E-state index contributed by atoms with van der Waals surface area (Å²) in [6, 6.07) is 3.46. The monoisotopic (exact) mass is 766 g/mol. The molecule has 0 spiro atoms. The summed E-state index contributed by atoms with van der Waals surface area (Å²) in [5.74, 6) is -9.55. The van der Waals surface area contributed by atoms with E-state index in [0.29, 0.717) is 11.3 Å². The van der Waals surface area contributed by atoms with Gasteiger partial charge in [-0.25, -0.2) is 9.59 Å². The molecule has 3 aliphatic rings. The van der Waals surface area contributed by atoms with Crippen LogP contribution in [0.15, 0.2) is 47.1 Å². The van der Waals surface area contributed by atoms with Crippen LogP contribution in [0.25, 0.3) is 0 Å². The third kappa shape index (κ3) is 6.86. The highest BCUT2D eigenvalue weighted by Gasteiger charge is 2.63. The number of phenols is 1. The fourth-order valence-electron chi connectivity index (χ4n) is 7.66. The van der Waals surface area contributed by atoms with Crippen molar-refractivity contribution in [2.24, 2.45) is 24.6 Å². The Bertz CT molecular complexity index is 2060. The molecule has 0 aliphatic heterocycles. The van der Waals surface area contributed by atoms with Gasteiger partial charge in [0, 0.05) is 50.1 Å². The van der Waals surface area contributed by atoms with Crippen molar-refractivity contribution in [3.05, 3.63) is 63.9 Å². The molecule has 18 nitrogen and oxygen atoms in total. The van der Waals surface area contributed by atoms with E-state index in [1.54, 1.807) is 73.2 Å². The second-order valence-corrected chi connectivity index (χ2v) is 15.3. The molecule has 296 valence electrons. The number of aromatic nitrogens is 1. The molecule has 3 amide bonds. The molecule has 1 aromatic heterocycles. The van der Waals surface area contributed by atoms with Crippen LogP contribution in [0.5, 0.6) is 5.75 Å². The molecule has 4 atom stereocenters. The number of ether oxygens (including phenoxy) is 2. The zero-order valence-corrected chi connectivity index (χ0v) is 31.8. The molecule has 0 fully saturated rings. The van der Waals surface area contributed by atoms with E-state index in [2.05, 4.69) is 5.32 Å². The number of hydrogen-bond donors (Lipinski definition) is 6. The van der Waals surface area contributed by atoms with Crippen molar-refractivity contribution in [3.8, 4) is 5.75 Å². The summed E-state index contributed by atoms with van der Waals surface area (Å²) in [6.07, 6.45) is 0.586. The number of likely N-dealkylation sites (N-methyl/N-ethyl adjacent to an activating group) is 1. The summed E-state index contributed by atoms with van der Waals surface area (Å²) >= 11 is 0. The Balaban J connectivity index is 1.45. The SMILES string of the molecule is CN(C)c1cc(NC(=O)CN(C(=O)OCOC(=O)c2cccn2C)C(C)(C)C)c(O)c2c1C[C@H]1C[C@H]3[C@H](N(C)C)C(O)=C(C(N)=O)C(=O)[C@@]3(O)C(O)=C1C2=O. The van der Waals surface area contributed by atoms with Crippen LogP contribution in [-0.4, -0.2) is 129 Å². The Morgan fingerprint density at radius 2 is 1.73 bits per heavy atom. The van der Waals surface area contributed by atoms with E-state index in [1.807, 2.05) is 0 Å². The molecule has 2 aromatic rings. The van der Waals surface area contributed by atoms with Gasteiger partial charge in [0.1, 0.15) is 29.3 Å². The lowest BCUT2D eigenvalue weighted by Gasteiger charge is -2.50. The molecule has 0 saturated carbocycles. The molecule has 1 heterocycles. The zero-order valence-electron chi connectivity index (χ0n) is 31.8. The predicted octanol–water partition coefficient (Wildman–Crippen LogP) is 1.52. The summed E-state index contributed by atoms with van der Waals surface area (Å²) in [7, 11) is 8.06. The van der Waals surface area contributed by atoms with Gasteiger partial charge in [-0.05, 0) is 77.4 Å². The number of aromatic hydroxyl groups is 1. The van der Waals surface area contributed by atoms with Gasteiger partial charge in [0.05, 0.1) is 17.3 Å². The lowest BCUT2D eigenvalue weighted by molar-refractivity contribution is -0.148. The van der Waals surface area contributed by atoms with Crippen molar-refractivity contribution in [2.75, 3.05) is 51.7 Å². The van der Waals surface area contributed by atoms with Gasteiger partial charge in [-0.1, -0.05) is 0 Å². The van der Waals surface area contributed by atoms with Gasteiger partial charge in [0.25, 0.3) is 5.91 Å². The van der Waals surface area contributed by atoms with E-state index in [4.69, 9.17) is 15.2 Å². The Morgan fingerprint density at radius 1 is 1.07 bits per heavy atom. The van der Waals surface area contributed by atoms with Gasteiger partial charge < -0.3 is 50.4 Å². The number of benzene rings is 1. The van der Waals surface area contributed by atoms with E-state index >= 15 is 0 Å². The maximum atomic E-state index is 14.4. The molecule has 0 unspecified atom stereocenters. The van der Waals surface area contributed by atoms with Gasteiger partial charge >= 0.3 is 12.1 Å². The largest absolute Gasteiger partial charge is 0.510 e. The van der Waals surface area contributed by atoms with Crippen LogP contribution < -0.4 is 16.0 Å². The number of rotatable bonds is 9. The number of amides is 3. The van der Waals surface area contributed by atoms with Crippen LogP contribution in [0.4, 0.5) is 16.2 Å². The van der Waals surface area contributed by atoms with Crippen molar-refractivity contribution < 1.29 is 58.7 Å². The summed E-state index contributed by atoms with van der Waals surface area (Å²) in [5, 5.41) is 48.7. The number of ketones is 2. The van der Waals surface area contributed by atoms with Gasteiger partial charge in [-0.15, -0.1) is 0 Å². The maximum Gasteiger partial charge on any atom is 0.413 e. The lowest BCUT2D eigenvalue weighted by Crippen LogP contribution is -2.63. The minimum absolute atomic E-state index is 0.0299. The number of carbonyl (C=O) groups excluding carboxylic acids is 6. The van der Waals surface area contributed by atoms with Crippen molar-refractivity contribution >= 4 is 46.8 Å². The summed E-state index contributed by atoms with van der Waals surface area (Å²) in [4.78, 5) is 83.4. The number of Topliss-reactive ketones (excluding diaryl/α,β-unsaturated/α-hetero) is 2. The molecule has 0 saturated heterocycles. The van der Waals surface area contributed by atoms with Crippen molar-refractivity contribution in [1.29, 1.82) is 0 Å². The van der Waals surface area contributed by atoms with E-state index in [-0.39, 0.29) is 35.4 Å². The average Bonchev–Trinajstić information content (AvgIpc) is 3.51. The number of aliphatic hydroxyl groups excluding tert-OH is 2. The first-order valence-corrected chi connectivity index (χ1v) is 17.3. The highest BCUT2D eigenvalue weighted by molar-refractivity contribution is 6.25. The number of aliphatic hydroxyl groups is 3. The molecular weight excluding hydrogens is 720 g/mol. The topological polar surface area (TPSA) is 254 Å². The second-order valence-electron chi connectivity index (χ2n) is 15.3. The first-order chi connectivity index (χ1) is 25.5. The normalized spacial score (nSPS) is 22.1. The van der Waals surface area contributed by atoms with E-state index < -0.39 is 101 Å². The molecule has 7 N–H and O–H groups in total. The summed E-state index contributed by atoms with van der Waals surface area (Å²) in [5.41, 5.74) is 0.774. The van der Waals surface area contributed by atoms with Crippen molar-refractivity contribution in [2.45, 2.75) is 50.8 Å². The van der Waals surface area contributed by atoms with Gasteiger partial charge in [0.2, 0.25) is 18.5 Å². The minimum Gasteiger partial charge on any atom is -0.510 e. The van der Waals surface area contributed by atoms with Crippen molar-refractivity contribution in [3.63, 3.8) is 0 Å². The number of nitrogens with one attached hydrogen (secondary N) is 1. The number of nitrogens with zero attached hydrogens (tertiary/aromatic N) is 4. The number of hydrogen-bond acceptors (Lipinski definition) is 14.